The number of benzene rings is 2. The van der Waals surface area contributed by atoms with Gasteiger partial charge in [-0.15, -0.1) is 0 Å². The molecule has 0 unspecified atom stereocenters. The van der Waals surface area contributed by atoms with Crippen molar-refractivity contribution >= 4 is 115 Å². The van der Waals surface area contributed by atoms with Crippen LogP contribution in [0.3, 0.4) is 0 Å². The highest BCUT2D eigenvalue weighted by molar-refractivity contribution is 14.1. The van der Waals surface area contributed by atoms with Crippen molar-refractivity contribution in [3.8, 4) is 6.07 Å². The highest BCUT2D eigenvalue weighted by atomic mass is 127. The van der Waals surface area contributed by atoms with E-state index in [9.17, 15) is 24.4 Å². The number of nitrogen functional groups attached to an aromatic ring is 1. The van der Waals surface area contributed by atoms with E-state index >= 15 is 0 Å². The molecule has 2 aliphatic heterocycles. The van der Waals surface area contributed by atoms with Crippen LogP contribution in [-0.4, -0.2) is 111 Å². The number of nitrogens with one attached hydrogen (secondary N) is 2. The Morgan fingerprint density at radius 1 is 0.728 bits per heavy atom. The Morgan fingerprint density at radius 3 is 1.85 bits per heavy atom. The molecule has 4 fully saturated rings. The van der Waals surface area contributed by atoms with E-state index in [4.69, 9.17) is 44.1 Å². The maximum absolute atomic E-state index is 13.8. The van der Waals surface area contributed by atoms with Crippen molar-refractivity contribution in [1.82, 2.24) is 44.4 Å². The monoisotopic (exact) mass is 1260 g/mol. The molecule has 2 aromatic carbocycles. The first kappa shape index (κ1) is 59.2. The molecule has 6 heterocycles. The zero-order valence-corrected chi connectivity index (χ0v) is 50.8. The molecule has 2 atom stereocenters. The van der Waals surface area contributed by atoms with Crippen LogP contribution in [-0.2, 0) is 45.0 Å². The first-order chi connectivity index (χ1) is 38.3. The lowest BCUT2D eigenvalue weighted by atomic mass is 9.89. The molecule has 4 aliphatic rings. The van der Waals surface area contributed by atoms with Crippen LogP contribution in [0.5, 0.6) is 0 Å². The number of nitrogens with zero attached hydrogens (tertiary/aromatic N) is 11. The fourth-order valence-corrected chi connectivity index (χ4v) is 12.2. The number of fused-ring (bicyclic) bond motifs is 2. The van der Waals surface area contributed by atoms with E-state index in [1.54, 1.807) is 54.2 Å². The van der Waals surface area contributed by atoms with Crippen molar-refractivity contribution in [2.45, 2.75) is 155 Å². The number of nitrogens with two attached hydrogens (primary N) is 2. The van der Waals surface area contributed by atoms with E-state index in [1.165, 1.54) is 12.7 Å². The number of ether oxygens (including phenoxy) is 2. The topological polar surface area (TPSA) is 280 Å². The minimum atomic E-state index is -1.08. The minimum absolute atomic E-state index is 0.0320. The van der Waals surface area contributed by atoms with Crippen LogP contribution in [0.4, 0.5) is 32.6 Å². The summed E-state index contributed by atoms with van der Waals surface area (Å²) >= 11 is 15.7. The fraction of sp³-hybridized carbons (Fsp3) is 0.526. The average Bonchev–Trinajstić information content (AvgIpc) is 4.33. The van der Waals surface area contributed by atoms with Gasteiger partial charge in [-0.05, 0) is 162 Å². The number of halogens is 3. The first-order valence-corrected chi connectivity index (χ1v) is 29.3. The van der Waals surface area contributed by atoms with Gasteiger partial charge in [0.15, 0.2) is 40.0 Å². The lowest BCUT2D eigenvalue weighted by Crippen LogP contribution is -2.57. The van der Waals surface area contributed by atoms with E-state index in [0.717, 1.165) is 62.9 Å². The number of rotatable bonds is 16. The lowest BCUT2D eigenvalue weighted by molar-refractivity contribution is -0.125. The van der Waals surface area contributed by atoms with E-state index in [1.807, 2.05) is 28.2 Å². The normalized spacial score (nSPS) is 19.1. The highest BCUT2D eigenvalue weighted by Gasteiger charge is 2.48. The number of aromatic nitrogens is 8. The molecular weight excluding hydrogens is 1190 g/mol. The molecule has 21 nitrogen and oxygen atoms in total. The van der Waals surface area contributed by atoms with Crippen molar-refractivity contribution in [3.63, 3.8) is 0 Å². The number of Topliss-reactive ketones (excluding diaryl/α,β-unsaturated/α-hetero) is 2. The van der Waals surface area contributed by atoms with Crippen molar-refractivity contribution in [1.29, 1.82) is 5.26 Å². The predicted molar refractivity (Wildman–Crippen MR) is 320 cm³/mol. The molecule has 2 amide bonds. The van der Waals surface area contributed by atoms with Gasteiger partial charge >= 0.3 is 12.2 Å². The third-order valence-electron chi connectivity index (χ3n) is 15.2. The van der Waals surface area contributed by atoms with Gasteiger partial charge in [0.2, 0.25) is 0 Å². The van der Waals surface area contributed by atoms with Crippen molar-refractivity contribution in [3.05, 3.63) is 78.9 Å². The third kappa shape index (κ3) is 13.3. The van der Waals surface area contributed by atoms with Crippen molar-refractivity contribution < 1.29 is 28.7 Å². The molecule has 2 saturated carbocycles. The van der Waals surface area contributed by atoms with Crippen LogP contribution < -0.4 is 31.9 Å². The Morgan fingerprint density at radius 2 is 1.26 bits per heavy atom. The predicted octanol–water partition coefficient (Wildman–Crippen LogP) is 9.71. The second-order valence-corrected chi connectivity index (χ2v) is 25.6. The molecule has 4 aromatic heterocycles. The number of amides is 2. The Hall–Kier alpha value is -6.42. The molecule has 6 N–H and O–H groups in total. The van der Waals surface area contributed by atoms with E-state index in [-0.39, 0.29) is 17.4 Å². The molecule has 430 valence electrons. The second kappa shape index (κ2) is 23.4. The number of hydrogen-bond donors (Lipinski definition) is 4. The van der Waals surface area contributed by atoms with Gasteiger partial charge in [-0.3, -0.25) is 14.9 Å². The highest BCUT2D eigenvalue weighted by Crippen LogP contribution is 2.42. The minimum Gasteiger partial charge on any atom is -0.444 e. The molecule has 2 aliphatic carbocycles. The largest absolute Gasteiger partial charge is 0.444 e. The Bertz CT molecular complexity index is 3470. The summed E-state index contributed by atoms with van der Waals surface area (Å²) in [5.41, 5.74) is 17.5. The van der Waals surface area contributed by atoms with Gasteiger partial charge in [-0.25, -0.2) is 39.5 Å². The number of alkyl carbamates (subject to hydrolysis) is 1. The van der Waals surface area contributed by atoms with E-state index in [0.29, 0.717) is 133 Å². The van der Waals surface area contributed by atoms with Gasteiger partial charge in [0.25, 0.3) is 0 Å². The van der Waals surface area contributed by atoms with Crippen LogP contribution >= 0.6 is 45.8 Å². The zero-order valence-electron chi connectivity index (χ0n) is 47.1. The quantitative estimate of drug-likeness (QED) is 0.0656. The van der Waals surface area contributed by atoms with Crippen LogP contribution in [0.2, 0.25) is 10.0 Å². The second-order valence-electron chi connectivity index (χ2n) is 23.7. The van der Waals surface area contributed by atoms with Crippen LogP contribution in [0.1, 0.15) is 135 Å². The molecule has 0 spiro atoms. The summed E-state index contributed by atoms with van der Waals surface area (Å²) in [6, 6.07) is 6.03. The molecule has 6 aromatic rings. The van der Waals surface area contributed by atoms with Gasteiger partial charge < -0.3 is 45.2 Å². The molecule has 0 radical (unpaired) electrons. The Balaban J connectivity index is 0.000000205. The van der Waals surface area contributed by atoms with Gasteiger partial charge in [0.05, 0.1) is 46.9 Å². The number of carbonyl (C=O) groups is 4. The lowest BCUT2D eigenvalue weighted by Gasteiger charge is -2.32. The summed E-state index contributed by atoms with van der Waals surface area (Å²) in [7, 11) is 0. The Labute approximate surface area is 494 Å². The molecule has 10 rings (SSSR count). The molecular formula is C57H70Cl2IN15O6. The van der Waals surface area contributed by atoms with Gasteiger partial charge in [0, 0.05) is 54.0 Å². The number of hydrogen-bond acceptors (Lipinski definition) is 17. The summed E-state index contributed by atoms with van der Waals surface area (Å²) in [5.74, 6) is 1.60. The standard InChI is InChI=1S/C33H43ClIN7O5.C24H27ClN8O/c1-8-20-21(15-42-18-38-26-27(36-17-37-28(26)42)39-29(44)46-31(2,3)4)23(14-22(34)25(20)35)41-12-11-33(16-41,24(43)13-19-9-10-19)40-30(45)47-32(5,6)7;1-2-15-16(9-26)18(25)8-19(32-6-5-24(28,11-32)20(34)7-14-3-4-14)17(15)10-33-13-31-21-22(27)29-12-30-23(21)33/h14,17-19H,8-13,15-16H2,1-7H3,(H,40,45)(H,36,37,39,44);8,12-14H,2-7,10-11,28H2,1H3,(H2,27,29,30)/t33-;24-/m11/s1. The third-order valence-corrected chi connectivity index (χ3v) is 17.4. The van der Waals surface area contributed by atoms with Crippen LogP contribution in [0.15, 0.2) is 37.4 Å². The summed E-state index contributed by atoms with van der Waals surface area (Å²) in [6.45, 7) is 17.6. The van der Waals surface area contributed by atoms with Gasteiger partial charge in [-0.1, -0.05) is 37.0 Å². The smallest absolute Gasteiger partial charge is 0.413 e. The summed E-state index contributed by atoms with van der Waals surface area (Å²) in [6.07, 6.45) is 12.6. The first-order valence-electron chi connectivity index (χ1n) is 27.5. The van der Waals surface area contributed by atoms with Crippen LogP contribution in [0, 0.1) is 26.7 Å². The van der Waals surface area contributed by atoms with E-state index < -0.39 is 34.5 Å². The SMILES string of the molecule is CCc1c(C#N)c(Cl)cc(N2CC[C@](N)(C(=O)CC3CC3)C2)c1Cn1cnc2c(N)ncnc21.CCc1c(I)c(Cl)cc(N2CC[C@](NC(=O)OC(C)(C)C)(C(=O)CC3CC3)C2)c1Cn1cnc2c(NC(=O)OC(C)(C)C)ncnc21. The number of imidazole rings is 2. The maximum Gasteiger partial charge on any atom is 0.413 e. The Kier molecular flexibility index (Phi) is 17.1. The van der Waals surface area contributed by atoms with Gasteiger partial charge in [0.1, 0.15) is 41.0 Å². The van der Waals surface area contributed by atoms with Crippen molar-refractivity contribution in [2.75, 3.05) is 47.0 Å². The molecule has 0 bridgehead atoms. The zero-order chi connectivity index (χ0) is 58.3. The number of nitriles is 1. The van der Waals surface area contributed by atoms with E-state index in [2.05, 4.69) is 85.9 Å². The average molecular weight is 1260 g/mol. The molecule has 2 saturated heterocycles. The summed E-state index contributed by atoms with van der Waals surface area (Å²) < 4.78 is 15.7. The number of ketones is 2. The molecule has 81 heavy (non-hydrogen) atoms. The molecule has 24 heteroatoms. The van der Waals surface area contributed by atoms with Crippen LogP contribution in [0.25, 0.3) is 22.3 Å². The summed E-state index contributed by atoms with van der Waals surface area (Å²) in [5, 5.41) is 16.5. The fourth-order valence-electron chi connectivity index (χ4n) is 10.8. The van der Waals surface area contributed by atoms with Crippen molar-refractivity contribution in [2.24, 2.45) is 17.6 Å². The summed E-state index contributed by atoms with van der Waals surface area (Å²) in [4.78, 5) is 82.6. The number of anilines is 4. The number of carbonyl (C=O) groups excluding carboxylic acids is 4. The van der Waals surface area contributed by atoms with Gasteiger partial charge in [-0.2, -0.15) is 5.26 Å². The maximum atomic E-state index is 13.8.